The number of carboxylic acids is 1. The first-order valence-corrected chi connectivity index (χ1v) is 3.52. The number of aliphatic carboxylic acids is 1. The molecule has 0 radical (unpaired) electrons. The molecule has 1 N–H and O–H groups in total. The fourth-order valence-corrected chi connectivity index (χ4v) is 0.626. The molecule has 1 atom stereocenters. The van der Waals surface area contributed by atoms with Gasteiger partial charge >= 0.3 is 5.97 Å². The topological polar surface area (TPSA) is 40.5 Å². The molecule has 0 spiro atoms. The van der Waals surface area contributed by atoms with Gasteiger partial charge in [0.15, 0.2) is 0 Å². The van der Waals surface area contributed by atoms with Crippen molar-refractivity contribution in [2.45, 2.75) is 19.4 Å². The molecule has 0 aliphatic carbocycles. The van der Waals surface area contributed by atoms with Crippen LogP contribution in [-0.2, 0) is 4.79 Å². The molecule has 3 heteroatoms. The van der Waals surface area contributed by atoms with Crippen molar-refractivity contribution in [2.24, 2.45) is 0 Å². The largest absolute Gasteiger partial charge is 0.478 e. The average molecular weight is 157 g/mol. The molecule has 0 bridgehead atoms. The summed E-state index contributed by atoms with van der Waals surface area (Å²) in [6.07, 6.45) is 0.516. The maximum atomic E-state index is 10.3. The molecule has 0 aliphatic heterocycles. The minimum absolute atomic E-state index is 0.235. The normalized spacial score (nSPS) is 13.1. The van der Waals surface area contributed by atoms with E-state index in [1.165, 1.54) is 0 Å². The predicted molar refractivity (Wildman–Crippen MR) is 44.5 cm³/mol. The molecule has 0 rings (SSSR count). The van der Waals surface area contributed by atoms with Crippen LogP contribution in [0, 0.1) is 0 Å². The molecule has 0 fully saturated rings. The number of hydrogen-bond acceptors (Lipinski definition) is 2. The first kappa shape index (κ1) is 10.2. The van der Waals surface area contributed by atoms with Crippen molar-refractivity contribution < 1.29 is 9.90 Å². The molecule has 0 saturated carbocycles. The zero-order valence-corrected chi connectivity index (χ0v) is 7.29. The van der Waals surface area contributed by atoms with E-state index in [-0.39, 0.29) is 11.6 Å². The van der Waals surface area contributed by atoms with Gasteiger partial charge in [-0.2, -0.15) is 0 Å². The van der Waals surface area contributed by atoms with Crippen LogP contribution in [0.1, 0.15) is 13.3 Å². The van der Waals surface area contributed by atoms with Gasteiger partial charge in [-0.15, -0.1) is 0 Å². The second-order valence-electron chi connectivity index (χ2n) is 2.93. The maximum Gasteiger partial charge on any atom is 0.331 e. The highest BCUT2D eigenvalue weighted by atomic mass is 16.4. The van der Waals surface area contributed by atoms with Gasteiger partial charge in [-0.25, -0.2) is 4.79 Å². The Labute approximate surface area is 67.3 Å². The van der Waals surface area contributed by atoms with Gasteiger partial charge in [0.05, 0.1) is 0 Å². The quantitative estimate of drug-likeness (QED) is 0.618. The highest BCUT2D eigenvalue weighted by molar-refractivity contribution is 5.85. The maximum absolute atomic E-state index is 10.3. The zero-order valence-electron chi connectivity index (χ0n) is 7.29. The van der Waals surface area contributed by atoms with Crippen molar-refractivity contribution in [2.75, 3.05) is 14.1 Å². The summed E-state index contributed by atoms with van der Waals surface area (Å²) in [6.45, 7) is 5.42. The van der Waals surface area contributed by atoms with Crippen molar-refractivity contribution in [3.63, 3.8) is 0 Å². The van der Waals surface area contributed by atoms with Gasteiger partial charge in [0.25, 0.3) is 0 Å². The second-order valence-corrected chi connectivity index (χ2v) is 2.93. The summed E-state index contributed by atoms with van der Waals surface area (Å²) in [5.41, 5.74) is 0.270. The lowest BCUT2D eigenvalue weighted by Gasteiger charge is -2.19. The van der Waals surface area contributed by atoms with Crippen LogP contribution in [0.5, 0.6) is 0 Å². The van der Waals surface area contributed by atoms with E-state index < -0.39 is 5.97 Å². The molecule has 0 amide bonds. The van der Waals surface area contributed by atoms with Gasteiger partial charge < -0.3 is 10.0 Å². The number of hydrogen-bond donors (Lipinski definition) is 1. The third kappa shape index (κ3) is 3.78. The number of carbonyl (C=O) groups is 1. The number of nitrogens with zero attached hydrogens (tertiary/aromatic N) is 1. The lowest BCUT2D eigenvalue weighted by molar-refractivity contribution is -0.132. The Morgan fingerprint density at radius 1 is 1.64 bits per heavy atom. The van der Waals surface area contributed by atoms with Crippen LogP contribution in [0.15, 0.2) is 12.2 Å². The van der Waals surface area contributed by atoms with Gasteiger partial charge in [-0.05, 0) is 27.4 Å². The Balaban J connectivity index is 3.85. The highest BCUT2D eigenvalue weighted by Gasteiger charge is 2.10. The minimum Gasteiger partial charge on any atom is -0.478 e. The fourth-order valence-electron chi connectivity index (χ4n) is 0.626. The Morgan fingerprint density at radius 2 is 2.09 bits per heavy atom. The van der Waals surface area contributed by atoms with Crippen LogP contribution in [0.2, 0.25) is 0 Å². The molecule has 3 nitrogen and oxygen atoms in total. The van der Waals surface area contributed by atoms with Gasteiger partial charge in [-0.1, -0.05) is 6.58 Å². The first-order chi connectivity index (χ1) is 4.95. The Morgan fingerprint density at radius 3 is 2.36 bits per heavy atom. The van der Waals surface area contributed by atoms with Crippen molar-refractivity contribution in [3.8, 4) is 0 Å². The van der Waals surface area contributed by atoms with E-state index in [1.807, 2.05) is 25.9 Å². The van der Waals surface area contributed by atoms with Crippen molar-refractivity contribution in [1.82, 2.24) is 4.90 Å². The van der Waals surface area contributed by atoms with Crippen LogP contribution >= 0.6 is 0 Å². The average Bonchev–Trinajstić information content (AvgIpc) is 1.87. The molecule has 0 saturated heterocycles. The highest BCUT2D eigenvalue weighted by Crippen LogP contribution is 2.06. The monoisotopic (exact) mass is 157 g/mol. The van der Waals surface area contributed by atoms with E-state index in [9.17, 15) is 4.79 Å². The molecule has 1 unspecified atom stereocenters. The molecule has 0 aliphatic rings. The summed E-state index contributed by atoms with van der Waals surface area (Å²) in [5, 5.41) is 8.49. The summed E-state index contributed by atoms with van der Waals surface area (Å²) in [6, 6.07) is 0.235. The summed E-state index contributed by atoms with van der Waals surface area (Å²) in [5.74, 6) is -0.904. The molecular formula is C8H15NO2. The molecule has 0 aromatic heterocycles. The van der Waals surface area contributed by atoms with Crippen molar-refractivity contribution >= 4 is 5.97 Å². The summed E-state index contributed by atoms with van der Waals surface area (Å²) in [7, 11) is 3.83. The van der Waals surface area contributed by atoms with Crippen LogP contribution in [0.25, 0.3) is 0 Å². The molecule has 11 heavy (non-hydrogen) atoms. The standard InChI is InChI=1S/C8H15NO2/c1-6(8(10)11)5-7(2)9(3)4/h7H,1,5H2,2-4H3,(H,10,11). The van der Waals surface area contributed by atoms with E-state index >= 15 is 0 Å². The van der Waals surface area contributed by atoms with Crippen LogP contribution in [-0.4, -0.2) is 36.1 Å². The summed E-state index contributed by atoms with van der Waals surface area (Å²) >= 11 is 0. The second kappa shape index (κ2) is 4.13. The van der Waals surface area contributed by atoms with Crippen molar-refractivity contribution in [1.29, 1.82) is 0 Å². The Kier molecular flexibility index (Phi) is 3.82. The number of rotatable bonds is 4. The van der Waals surface area contributed by atoms with E-state index in [4.69, 9.17) is 5.11 Å². The lowest BCUT2D eigenvalue weighted by atomic mass is 10.1. The van der Waals surface area contributed by atoms with E-state index in [0.717, 1.165) is 0 Å². The summed E-state index contributed by atoms with van der Waals surface area (Å²) < 4.78 is 0. The third-order valence-corrected chi connectivity index (χ3v) is 1.73. The van der Waals surface area contributed by atoms with Gasteiger partial charge in [-0.3, -0.25) is 0 Å². The number of carboxylic acid groups (broad SMARTS) is 1. The Hall–Kier alpha value is -0.830. The van der Waals surface area contributed by atoms with E-state index in [1.54, 1.807) is 0 Å². The Bertz CT molecular complexity index is 163. The SMILES string of the molecule is C=C(CC(C)N(C)C)C(=O)O. The van der Waals surface area contributed by atoms with Gasteiger partial charge in [0.1, 0.15) is 0 Å². The minimum atomic E-state index is -0.904. The van der Waals surface area contributed by atoms with Gasteiger partial charge in [0.2, 0.25) is 0 Å². The van der Waals surface area contributed by atoms with E-state index in [2.05, 4.69) is 6.58 Å². The van der Waals surface area contributed by atoms with E-state index in [0.29, 0.717) is 6.42 Å². The molecule has 64 valence electrons. The molecule has 0 heterocycles. The molecular weight excluding hydrogens is 142 g/mol. The van der Waals surface area contributed by atoms with Crippen molar-refractivity contribution in [3.05, 3.63) is 12.2 Å². The fraction of sp³-hybridized carbons (Fsp3) is 0.625. The first-order valence-electron chi connectivity index (χ1n) is 3.52. The predicted octanol–water partition coefficient (Wildman–Crippen LogP) is 0.967. The van der Waals surface area contributed by atoms with Crippen LogP contribution < -0.4 is 0 Å². The smallest absolute Gasteiger partial charge is 0.331 e. The van der Waals surface area contributed by atoms with Crippen LogP contribution in [0.4, 0.5) is 0 Å². The third-order valence-electron chi connectivity index (χ3n) is 1.73. The molecule has 0 aromatic rings. The lowest BCUT2D eigenvalue weighted by Crippen LogP contribution is -2.25. The zero-order chi connectivity index (χ0) is 9.02. The van der Waals surface area contributed by atoms with Crippen LogP contribution in [0.3, 0.4) is 0 Å². The molecule has 0 aromatic carbocycles. The van der Waals surface area contributed by atoms with Gasteiger partial charge in [0, 0.05) is 11.6 Å². The summed E-state index contributed by atoms with van der Waals surface area (Å²) in [4.78, 5) is 12.3.